The van der Waals surface area contributed by atoms with Crippen LogP contribution in [0.5, 0.6) is 0 Å². The van der Waals surface area contributed by atoms with Crippen LogP contribution in [0.25, 0.3) is 0 Å². The minimum Gasteiger partial charge on any atom is -0.907 e. The molecule has 0 aliphatic carbocycles. The summed E-state index contributed by atoms with van der Waals surface area (Å²) in [5.74, 6) is -8.53. The van der Waals surface area contributed by atoms with E-state index in [0.717, 1.165) is 12.2 Å². The van der Waals surface area contributed by atoms with Crippen molar-refractivity contribution in [2.24, 2.45) is 11.8 Å². The summed E-state index contributed by atoms with van der Waals surface area (Å²) in [5, 5.41) is 57.6. The number of carboxylic acid groups (broad SMARTS) is 4. The van der Waals surface area contributed by atoms with Crippen LogP contribution in [0.2, 0.25) is 0 Å². The van der Waals surface area contributed by atoms with Crippen molar-refractivity contribution in [3.8, 4) is 0 Å². The summed E-state index contributed by atoms with van der Waals surface area (Å²) in [5.41, 5.74) is 0. The largest absolute Gasteiger partial charge is 1.00 e. The van der Waals surface area contributed by atoms with Crippen molar-refractivity contribution >= 4 is 31.2 Å². The van der Waals surface area contributed by atoms with Crippen molar-refractivity contribution in [2.75, 3.05) is 0 Å². The maximum Gasteiger partial charge on any atom is 1.00 e. The Bertz CT molecular complexity index is 364. The van der Waals surface area contributed by atoms with Crippen LogP contribution in [0.1, 0.15) is 0 Å². The first kappa shape index (κ1) is 39.3. The molecule has 0 amide bonds. The van der Waals surface area contributed by atoms with E-state index < -0.39 is 43.0 Å². The van der Waals surface area contributed by atoms with E-state index in [9.17, 15) is 19.2 Å². The number of carbonyl (C=O) groups is 4. The average molecular weight is 340 g/mol. The standard InChI is InChI=1S/2C5H6O4.BO3.3Li/c2*1-2-3(4(6)7)5(8)9;2-1(3)4;;;/h2*2-3H,1H2,(H,6,7)(H,8,9);;;;/q;;-3;3*+1. The summed E-state index contributed by atoms with van der Waals surface area (Å²) in [4.78, 5) is 39.7. The van der Waals surface area contributed by atoms with Gasteiger partial charge in [0.25, 0.3) is 0 Å². The topological polar surface area (TPSA) is 218 Å². The molecule has 0 aromatic heterocycles. The molecule has 4 N–H and O–H groups in total. The molecule has 0 heterocycles. The van der Waals surface area contributed by atoms with Gasteiger partial charge in [-0.25, -0.2) is 0 Å². The molecule has 0 fully saturated rings. The zero-order valence-corrected chi connectivity index (χ0v) is 13.9. The molecule has 0 radical (unpaired) electrons. The molecule has 0 bridgehead atoms. The molecule has 0 aliphatic rings. The first-order valence-corrected chi connectivity index (χ1v) is 5.06. The number of aliphatic carboxylic acids is 4. The third-order valence-corrected chi connectivity index (χ3v) is 1.54. The molecule has 0 aliphatic heterocycles. The Morgan fingerprint density at radius 1 is 0.680 bits per heavy atom. The molecular formula is C10H12BLi3O11. The SMILES string of the molecule is C=CC(C(=O)O)C(=O)O.C=CC(C(=O)O)C(=O)O.[Li+].[Li+].[Li+].[O-]B([O-])[O-]. The first-order chi connectivity index (χ1) is 9.91. The van der Waals surface area contributed by atoms with Crippen molar-refractivity contribution in [3.05, 3.63) is 25.3 Å². The van der Waals surface area contributed by atoms with Crippen LogP contribution in [-0.2, 0) is 19.2 Å². The number of carboxylic acids is 4. The van der Waals surface area contributed by atoms with Gasteiger partial charge in [-0.15, -0.1) is 13.2 Å². The quantitative estimate of drug-likeness (QED) is 0.202. The fraction of sp³-hybridized carbons (Fsp3) is 0.200. The van der Waals surface area contributed by atoms with Gasteiger partial charge in [-0.05, 0) is 0 Å². The smallest absolute Gasteiger partial charge is 0.907 e. The van der Waals surface area contributed by atoms with Crippen LogP contribution in [-0.4, -0.2) is 51.6 Å². The fourth-order valence-corrected chi connectivity index (χ4v) is 0.615. The van der Waals surface area contributed by atoms with Gasteiger partial charge in [0.2, 0.25) is 0 Å². The molecule has 0 atom stereocenters. The first-order valence-electron chi connectivity index (χ1n) is 5.06. The van der Waals surface area contributed by atoms with Crippen molar-refractivity contribution in [3.63, 3.8) is 0 Å². The monoisotopic (exact) mass is 340 g/mol. The van der Waals surface area contributed by atoms with E-state index in [0.29, 0.717) is 0 Å². The second-order valence-corrected chi connectivity index (χ2v) is 3.07. The molecule has 0 saturated carbocycles. The summed E-state index contributed by atoms with van der Waals surface area (Å²) in [7, 11) is -2.92. The molecule has 0 aromatic carbocycles. The van der Waals surface area contributed by atoms with E-state index in [1.165, 1.54) is 0 Å². The van der Waals surface area contributed by atoms with Crippen molar-refractivity contribution in [2.45, 2.75) is 0 Å². The Morgan fingerprint density at radius 2 is 0.800 bits per heavy atom. The third kappa shape index (κ3) is 28.2. The number of hydrogen-bond donors (Lipinski definition) is 4. The van der Waals surface area contributed by atoms with Crippen molar-refractivity contribution in [1.29, 1.82) is 0 Å². The van der Waals surface area contributed by atoms with Crippen molar-refractivity contribution in [1.82, 2.24) is 0 Å². The fourth-order valence-electron chi connectivity index (χ4n) is 0.615. The number of hydrogen-bond acceptors (Lipinski definition) is 7. The van der Waals surface area contributed by atoms with Gasteiger partial charge in [0, 0.05) is 0 Å². The van der Waals surface area contributed by atoms with E-state index in [1.54, 1.807) is 0 Å². The predicted octanol–water partition coefficient (Wildman–Crippen LogP) is -13.0. The molecular weight excluding hydrogens is 328 g/mol. The Hall–Kier alpha value is -0.903. The summed E-state index contributed by atoms with van der Waals surface area (Å²) < 4.78 is 0. The Kier molecular flexibility index (Phi) is 36.3. The molecule has 124 valence electrons. The van der Waals surface area contributed by atoms with Gasteiger partial charge in [-0.1, -0.05) is 12.2 Å². The Morgan fingerprint density at radius 3 is 0.800 bits per heavy atom. The molecule has 0 aromatic rings. The summed E-state index contributed by atoms with van der Waals surface area (Å²) in [6.45, 7) is 6.08. The molecule has 15 heteroatoms. The average Bonchev–Trinajstić information content (AvgIpc) is 2.28. The normalized spacial score (nSPS) is 7.56. The second kappa shape index (κ2) is 23.1. The van der Waals surface area contributed by atoms with Gasteiger partial charge in [0.05, 0.1) is 0 Å². The van der Waals surface area contributed by atoms with Crippen LogP contribution in [0.3, 0.4) is 0 Å². The Balaban J connectivity index is -0.0000000543. The Labute approximate surface area is 179 Å². The van der Waals surface area contributed by atoms with E-state index in [4.69, 9.17) is 35.5 Å². The minimum absolute atomic E-state index is 0. The van der Waals surface area contributed by atoms with Crippen LogP contribution in [0, 0.1) is 11.8 Å². The van der Waals surface area contributed by atoms with E-state index in [2.05, 4.69) is 13.2 Å². The molecule has 0 saturated heterocycles. The van der Waals surface area contributed by atoms with Gasteiger partial charge in [0.15, 0.2) is 11.8 Å². The molecule has 0 rings (SSSR count). The summed E-state index contributed by atoms with van der Waals surface area (Å²) in [6, 6.07) is 0. The predicted molar refractivity (Wildman–Crippen MR) is 63.7 cm³/mol. The van der Waals surface area contributed by atoms with Gasteiger partial charge in [-0.2, -0.15) is 0 Å². The van der Waals surface area contributed by atoms with E-state index in [-0.39, 0.29) is 56.6 Å². The van der Waals surface area contributed by atoms with Crippen LogP contribution in [0.4, 0.5) is 0 Å². The van der Waals surface area contributed by atoms with E-state index in [1.807, 2.05) is 0 Å². The maximum atomic E-state index is 9.92. The molecule has 0 unspecified atom stereocenters. The van der Waals surface area contributed by atoms with Crippen LogP contribution < -0.4 is 71.7 Å². The van der Waals surface area contributed by atoms with Gasteiger partial charge >= 0.3 is 80.5 Å². The van der Waals surface area contributed by atoms with Crippen LogP contribution >= 0.6 is 0 Å². The van der Waals surface area contributed by atoms with Gasteiger partial charge in [-0.3, -0.25) is 26.5 Å². The molecule has 25 heavy (non-hydrogen) atoms. The van der Waals surface area contributed by atoms with Gasteiger partial charge < -0.3 is 35.5 Å². The van der Waals surface area contributed by atoms with Crippen molar-refractivity contribution < 1.29 is 111 Å². The minimum atomic E-state index is -2.92. The van der Waals surface area contributed by atoms with Gasteiger partial charge in [0.1, 0.15) is 0 Å². The molecule has 0 spiro atoms. The number of rotatable bonds is 6. The second-order valence-electron chi connectivity index (χ2n) is 3.07. The van der Waals surface area contributed by atoms with Crippen LogP contribution in [0.15, 0.2) is 25.3 Å². The summed E-state index contributed by atoms with van der Waals surface area (Å²) >= 11 is 0. The van der Waals surface area contributed by atoms with E-state index >= 15 is 0 Å². The summed E-state index contributed by atoms with van der Waals surface area (Å²) in [6.07, 6.45) is 1.73. The maximum absolute atomic E-state index is 9.92. The zero-order valence-electron chi connectivity index (χ0n) is 13.9. The molecule has 11 nitrogen and oxygen atoms in total. The zero-order chi connectivity index (χ0) is 18.5. The third-order valence-electron chi connectivity index (χ3n) is 1.54.